The highest BCUT2D eigenvalue weighted by atomic mass is 79.9. The Morgan fingerprint density at radius 1 is 1.30 bits per heavy atom. The van der Waals surface area contributed by atoms with Crippen LogP contribution < -0.4 is 0 Å². The average Bonchev–Trinajstić information content (AvgIpc) is 2.45. The number of hydrogen-bond acceptors (Lipinski definition) is 2. The molecular weight excluding hydrogens is 316 g/mol. The molecule has 104 valence electrons. The molecule has 0 radical (unpaired) electrons. The van der Waals surface area contributed by atoms with Crippen molar-refractivity contribution in [1.29, 1.82) is 0 Å². The summed E-state index contributed by atoms with van der Waals surface area (Å²) in [6.45, 7) is 2.65. The third-order valence-corrected chi connectivity index (χ3v) is 3.79. The van der Waals surface area contributed by atoms with Gasteiger partial charge >= 0.3 is 0 Å². The van der Waals surface area contributed by atoms with Gasteiger partial charge in [-0.05, 0) is 52.7 Å². The van der Waals surface area contributed by atoms with Gasteiger partial charge in [0.1, 0.15) is 0 Å². The maximum atomic E-state index is 12.4. The molecule has 0 saturated heterocycles. The maximum absolute atomic E-state index is 12.4. The van der Waals surface area contributed by atoms with Crippen LogP contribution >= 0.6 is 15.9 Å². The number of amides is 1. The Kier molecular flexibility index (Phi) is 4.90. The fourth-order valence-electron chi connectivity index (χ4n) is 1.93. The number of carbonyl (C=O) groups is 1. The molecule has 0 fully saturated rings. The van der Waals surface area contributed by atoms with Gasteiger partial charge in [0.05, 0.1) is 5.56 Å². The van der Waals surface area contributed by atoms with Gasteiger partial charge in [-0.3, -0.25) is 9.78 Å². The zero-order valence-corrected chi connectivity index (χ0v) is 13.2. The first-order valence-electron chi connectivity index (χ1n) is 6.49. The van der Waals surface area contributed by atoms with Gasteiger partial charge < -0.3 is 4.90 Å². The number of likely N-dealkylation sites (N-methyl/N-ethyl adjacent to an activating group) is 1. The molecule has 1 aromatic carbocycles. The standard InChI is InChI=1S/C16H17BrN2O/c1-12-6-7-14(15(17)11-12)16(20)19(2)10-8-13-5-3-4-9-18-13/h3-7,9,11H,8,10H2,1-2H3. The molecule has 0 unspecified atom stereocenters. The Morgan fingerprint density at radius 2 is 2.10 bits per heavy atom. The van der Waals surface area contributed by atoms with Crippen molar-refractivity contribution >= 4 is 21.8 Å². The normalized spacial score (nSPS) is 10.3. The number of halogens is 1. The van der Waals surface area contributed by atoms with Crippen LogP contribution in [0.1, 0.15) is 21.6 Å². The minimum absolute atomic E-state index is 0.0211. The van der Waals surface area contributed by atoms with E-state index in [0.717, 1.165) is 22.2 Å². The van der Waals surface area contributed by atoms with E-state index in [1.165, 1.54) is 0 Å². The average molecular weight is 333 g/mol. The molecule has 3 nitrogen and oxygen atoms in total. The first-order chi connectivity index (χ1) is 9.58. The number of hydrogen-bond donors (Lipinski definition) is 0. The van der Waals surface area contributed by atoms with Crippen LogP contribution in [0.5, 0.6) is 0 Å². The lowest BCUT2D eigenvalue weighted by molar-refractivity contribution is 0.0795. The van der Waals surface area contributed by atoms with Crippen LogP contribution in [0.2, 0.25) is 0 Å². The predicted octanol–water partition coefficient (Wildman–Crippen LogP) is 3.47. The number of nitrogens with zero attached hydrogens (tertiary/aromatic N) is 2. The number of aryl methyl sites for hydroxylation is 1. The SMILES string of the molecule is Cc1ccc(C(=O)N(C)CCc2ccccn2)c(Br)c1. The van der Waals surface area contributed by atoms with Crippen molar-refractivity contribution in [3.05, 3.63) is 63.9 Å². The van der Waals surface area contributed by atoms with Gasteiger partial charge in [-0.2, -0.15) is 0 Å². The first-order valence-corrected chi connectivity index (χ1v) is 7.29. The van der Waals surface area contributed by atoms with Crippen molar-refractivity contribution in [3.8, 4) is 0 Å². The van der Waals surface area contributed by atoms with Crippen LogP contribution in [-0.2, 0) is 6.42 Å². The van der Waals surface area contributed by atoms with E-state index in [1.807, 2.05) is 50.4 Å². The smallest absolute Gasteiger partial charge is 0.254 e. The van der Waals surface area contributed by atoms with Crippen molar-refractivity contribution in [3.63, 3.8) is 0 Å². The molecule has 0 aliphatic rings. The van der Waals surface area contributed by atoms with E-state index >= 15 is 0 Å². The highest BCUT2D eigenvalue weighted by molar-refractivity contribution is 9.10. The van der Waals surface area contributed by atoms with Gasteiger partial charge in [0.2, 0.25) is 0 Å². The minimum Gasteiger partial charge on any atom is -0.341 e. The van der Waals surface area contributed by atoms with E-state index < -0.39 is 0 Å². The Morgan fingerprint density at radius 3 is 2.75 bits per heavy atom. The number of rotatable bonds is 4. The molecular formula is C16H17BrN2O. The van der Waals surface area contributed by atoms with E-state index in [9.17, 15) is 4.79 Å². The summed E-state index contributed by atoms with van der Waals surface area (Å²) in [7, 11) is 1.82. The van der Waals surface area contributed by atoms with Crippen LogP contribution in [0.4, 0.5) is 0 Å². The number of benzene rings is 1. The second-order valence-electron chi connectivity index (χ2n) is 4.78. The van der Waals surface area contributed by atoms with Gasteiger partial charge in [0.15, 0.2) is 0 Å². The monoisotopic (exact) mass is 332 g/mol. The molecule has 4 heteroatoms. The fourth-order valence-corrected chi connectivity index (χ4v) is 2.59. The van der Waals surface area contributed by atoms with Crippen LogP contribution in [0, 0.1) is 6.92 Å². The van der Waals surface area contributed by atoms with E-state index in [2.05, 4.69) is 20.9 Å². The number of pyridine rings is 1. The lowest BCUT2D eigenvalue weighted by Gasteiger charge is -2.18. The lowest BCUT2D eigenvalue weighted by atomic mass is 10.1. The zero-order valence-electron chi connectivity index (χ0n) is 11.6. The molecule has 0 saturated carbocycles. The minimum atomic E-state index is 0.0211. The summed E-state index contributed by atoms with van der Waals surface area (Å²) in [4.78, 5) is 18.4. The van der Waals surface area contributed by atoms with Gasteiger partial charge in [-0.15, -0.1) is 0 Å². The number of aromatic nitrogens is 1. The van der Waals surface area contributed by atoms with Crippen LogP contribution in [0.15, 0.2) is 47.1 Å². The predicted molar refractivity (Wildman–Crippen MR) is 83.8 cm³/mol. The Hall–Kier alpha value is -1.68. The summed E-state index contributed by atoms with van der Waals surface area (Å²) in [5, 5.41) is 0. The third-order valence-electron chi connectivity index (χ3n) is 3.13. The number of carbonyl (C=O) groups excluding carboxylic acids is 1. The molecule has 2 aromatic rings. The molecule has 1 heterocycles. The zero-order chi connectivity index (χ0) is 14.5. The van der Waals surface area contributed by atoms with Gasteiger partial charge in [-0.25, -0.2) is 0 Å². The molecule has 2 rings (SSSR count). The summed E-state index contributed by atoms with van der Waals surface area (Å²) in [6, 6.07) is 11.6. The summed E-state index contributed by atoms with van der Waals surface area (Å²) >= 11 is 3.45. The molecule has 0 N–H and O–H groups in total. The first kappa shape index (κ1) is 14.7. The van der Waals surface area contributed by atoms with E-state index in [0.29, 0.717) is 12.1 Å². The Labute approximate surface area is 127 Å². The largest absolute Gasteiger partial charge is 0.341 e. The van der Waals surface area contributed by atoms with E-state index in [4.69, 9.17) is 0 Å². The second-order valence-corrected chi connectivity index (χ2v) is 5.64. The highest BCUT2D eigenvalue weighted by Gasteiger charge is 2.14. The Bertz CT molecular complexity index is 599. The third kappa shape index (κ3) is 3.67. The van der Waals surface area contributed by atoms with Crippen molar-refractivity contribution < 1.29 is 4.79 Å². The van der Waals surface area contributed by atoms with E-state index in [-0.39, 0.29) is 5.91 Å². The van der Waals surface area contributed by atoms with Crippen molar-refractivity contribution in [1.82, 2.24) is 9.88 Å². The molecule has 1 aromatic heterocycles. The molecule has 0 atom stereocenters. The maximum Gasteiger partial charge on any atom is 0.254 e. The van der Waals surface area contributed by atoms with Crippen LogP contribution in [0.25, 0.3) is 0 Å². The topological polar surface area (TPSA) is 33.2 Å². The van der Waals surface area contributed by atoms with E-state index in [1.54, 1.807) is 11.1 Å². The van der Waals surface area contributed by atoms with Gasteiger partial charge in [-0.1, -0.05) is 12.1 Å². The van der Waals surface area contributed by atoms with Crippen molar-refractivity contribution in [2.45, 2.75) is 13.3 Å². The van der Waals surface area contributed by atoms with Crippen LogP contribution in [-0.4, -0.2) is 29.4 Å². The summed E-state index contributed by atoms with van der Waals surface area (Å²) in [5.41, 5.74) is 2.82. The van der Waals surface area contributed by atoms with Crippen molar-refractivity contribution in [2.24, 2.45) is 0 Å². The van der Waals surface area contributed by atoms with Crippen molar-refractivity contribution in [2.75, 3.05) is 13.6 Å². The molecule has 0 bridgehead atoms. The molecule has 1 amide bonds. The Balaban J connectivity index is 2.01. The summed E-state index contributed by atoms with van der Waals surface area (Å²) in [5.74, 6) is 0.0211. The quantitative estimate of drug-likeness (QED) is 0.858. The summed E-state index contributed by atoms with van der Waals surface area (Å²) < 4.78 is 0.840. The van der Waals surface area contributed by atoms with Crippen LogP contribution in [0.3, 0.4) is 0 Å². The second kappa shape index (κ2) is 6.66. The molecule has 0 spiro atoms. The lowest BCUT2D eigenvalue weighted by Crippen LogP contribution is -2.29. The van der Waals surface area contributed by atoms with Gasteiger partial charge in [0, 0.05) is 36.4 Å². The van der Waals surface area contributed by atoms with Gasteiger partial charge in [0.25, 0.3) is 5.91 Å². The summed E-state index contributed by atoms with van der Waals surface area (Å²) in [6.07, 6.45) is 2.53. The molecule has 0 aliphatic carbocycles. The molecule has 20 heavy (non-hydrogen) atoms. The molecule has 0 aliphatic heterocycles. The highest BCUT2D eigenvalue weighted by Crippen LogP contribution is 2.19. The fraction of sp³-hybridized carbons (Fsp3) is 0.250.